The predicted octanol–water partition coefficient (Wildman–Crippen LogP) is 4.54. The van der Waals surface area contributed by atoms with Crippen LogP contribution in [0.25, 0.3) is 0 Å². The molecule has 2 aromatic rings. The van der Waals surface area contributed by atoms with Crippen LogP contribution in [0.15, 0.2) is 58.4 Å². The summed E-state index contributed by atoms with van der Waals surface area (Å²) < 4.78 is 67.2. The van der Waals surface area contributed by atoms with E-state index in [-0.39, 0.29) is 17.0 Å². The molecule has 1 aliphatic heterocycles. The van der Waals surface area contributed by atoms with Gasteiger partial charge in [0.05, 0.1) is 22.4 Å². The molecule has 6 rings (SSSR count). The van der Waals surface area contributed by atoms with Gasteiger partial charge in [-0.1, -0.05) is 35.9 Å². The summed E-state index contributed by atoms with van der Waals surface area (Å²) >= 11 is 6.04. The van der Waals surface area contributed by atoms with Crippen molar-refractivity contribution in [2.75, 3.05) is 6.54 Å². The van der Waals surface area contributed by atoms with Crippen LogP contribution < -0.4 is 10.6 Å². The fourth-order valence-corrected chi connectivity index (χ4v) is 8.22. The highest BCUT2D eigenvalue weighted by molar-refractivity contribution is 7.89. The first-order valence-electron chi connectivity index (χ1n) is 13.1. The number of aliphatic imine (C=N–C) groups is 1. The highest BCUT2D eigenvalue weighted by atomic mass is 35.5. The number of hydrogen-bond donors (Lipinski definition) is 2. The molecule has 3 saturated carbocycles. The lowest BCUT2D eigenvalue weighted by molar-refractivity contribution is -0.151. The maximum absolute atomic E-state index is 14.1. The molecule has 8 nitrogen and oxygen atoms in total. The number of nitrogens with one attached hydrogen (secondary N) is 2. The Morgan fingerprint density at radius 3 is 2.41 bits per heavy atom. The highest BCUT2D eigenvalue weighted by Crippen LogP contribution is 2.71. The molecule has 218 valence electrons. The molecule has 2 N–H and O–H groups in total. The molecule has 0 spiro atoms. The lowest BCUT2D eigenvalue weighted by atomic mass is 9.38. The summed E-state index contributed by atoms with van der Waals surface area (Å²) in [7, 11) is -4.09. The van der Waals surface area contributed by atoms with Gasteiger partial charge >= 0.3 is 6.18 Å². The number of alkyl halides is 3. The summed E-state index contributed by atoms with van der Waals surface area (Å²) in [5.41, 5.74) is -1.23. The van der Waals surface area contributed by atoms with Gasteiger partial charge in [0.2, 0.25) is 15.9 Å². The number of carbonyl (C=O) groups excluding carboxylic acids is 1. The second kappa shape index (κ2) is 10.00. The number of carbonyl (C=O) groups is 1. The summed E-state index contributed by atoms with van der Waals surface area (Å²) in [5.74, 6) is -0.0234. The number of rotatable bonds is 9. The molecule has 2 bridgehead atoms. The van der Waals surface area contributed by atoms with Crippen molar-refractivity contribution in [1.82, 2.24) is 14.9 Å². The molecular formula is C28H29ClF3N5O3S. The number of hydrogen-bond acceptors (Lipinski definition) is 6. The van der Waals surface area contributed by atoms with E-state index in [2.05, 4.69) is 15.6 Å². The van der Waals surface area contributed by atoms with E-state index in [4.69, 9.17) is 11.6 Å². The zero-order chi connectivity index (χ0) is 29.8. The van der Waals surface area contributed by atoms with Crippen LogP contribution in [0.2, 0.25) is 5.02 Å². The molecule has 0 radical (unpaired) electrons. The van der Waals surface area contributed by atoms with E-state index >= 15 is 0 Å². The minimum Gasteiger partial charge on any atom is -0.366 e. The summed E-state index contributed by atoms with van der Waals surface area (Å²) in [6.07, 6.45) is -4.16. The first-order valence-corrected chi connectivity index (χ1v) is 14.9. The van der Waals surface area contributed by atoms with Crippen LogP contribution in [0.3, 0.4) is 0 Å². The maximum Gasteiger partial charge on any atom is 0.390 e. The fourth-order valence-electron chi connectivity index (χ4n) is 6.19. The Kier molecular flexibility index (Phi) is 7.16. The number of sulfonamides is 1. The van der Waals surface area contributed by atoms with E-state index in [1.54, 1.807) is 50.2 Å². The van der Waals surface area contributed by atoms with Gasteiger partial charge in [-0.15, -0.1) is 0 Å². The Balaban J connectivity index is 1.39. The predicted molar refractivity (Wildman–Crippen MR) is 146 cm³/mol. The number of halogens is 4. The summed E-state index contributed by atoms with van der Waals surface area (Å²) in [6, 6.07) is 14.0. The van der Waals surface area contributed by atoms with Crippen LogP contribution in [0.1, 0.15) is 50.7 Å². The smallest absolute Gasteiger partial charge is 0.366 e. The van der Waals surface area contributed by atoms with E-state index in [0.717, 1.165) is 5.56 Å². The fraction of sp³-hybridized carbons (Fsp3) is 0.464. The zero-order valence-electron chi connectivity index (χ0n) is 22.4. The van der Waals surface area contributed by atoms with Crippen molar-refractivity contribution in [2.45, 2.75) is 74.3 Å². The molecule has 0 aromatic heterocycles. The topological polar surface area (TPSA) is 115 Å². The first-order chi connectivity index (χ1) is 19.1. The minimum atomic E-state index is -4.38. The van der Waals surface area contributed by atoms with E-state index in [0.29, 0.717) is 30.1 Å². The van der Waals surface area contributed by atoms with Crippen molar-refractivity contribution in [3.8, 4) is 6.07 Å². The Morgan fingerprint density at radius 2 is 1.80 bits per heavy atom. The van der Waals surface area contributed by atoms with E-state index in [1.807, 2.05) is 6.07 Å². The molecule has 3 aliphatic carbocycles. The van der Waals surface area contributed by atoms with Crippen molar-refractivity contribution in [2.24, 2.45) is 10.4 Å². The van der Waals surface area contributed by atoms with E-state index in [9.17, 15) is 31.6 Å². The molecule has 0 saturated heterocycles. The third-order valence-corrected chi connectivity index (χ3v) is 10.4. The van der Waals surface area contributed by atoms with Crippen LogP contribution in [0.4, 0.5) is 13.2 Å². The molecule has 41 heavy (non-hydrogen) atoms. The number of amidine groups is 1. The largest absolute Gasteiger partial charge is 0.390 e. The van der Waals surface area contributed by atoms with Crippen LogP contribution in [-0.2, 0) is 21.4 Å². The average Bonchev–Trinajstić information content (AvgIpc) is 3.16. The van der Waals surface area contributed by atoms with Gasteiger partial charge in [-0.2, -0.15) is 22.7 Å². The standard InChI is InChI=1S/C28H29ClF3N5O3S/c1-25(2)22(23(38)34-12-11-28(30,31)32)35-24(36-25)26-15-27(16-26,17-26)37(14-18-7-9-20(29)10-8-18)41(39,40)21-6-4-3-5-19(21)13-33/h3-10,22H,11-12,14-17H2,1-2H3,(H,34,38)(H,35,36)/t22-,26?,27?/m0/s1. The van der Waals surface area contributed by atoms with Gasteiger partial charge in [0.1, 0.15) is 11.9 Å². The molecule has 1 amide bonds. The molecule has 0 unspecified atom stereocenters. The average molecular weight is 608 g/mol. The van der Waals surface area contributed by atoms with Crippen molar-refractivity contribution >= 4 is 33.4 Å². The van der Waals surface area contributed by atoms with Crippen LogP contribution in [0.5, 0.6) is 0 Å². The minimum absolute atomic E-state index is 0.0536. The lowest BCUT2D eigenvalue weighted by Crippen LogP contribution is -2.78. The monoisotopic (exact) mass is 607 g/mol. The van der Waals surface area contributed by atoms with Crippen molar-refractivity contribution in [1.29, 1.82) is 5.26 Å². The molecule has 1 atom stereocenters. The maximum atomic E-state index is 14.1. The Hall–Kier alpha value is -3.14. The number of nitriles is 1. The Morgan fingerprint density at radius 1 is 1.17 bits per heavy atom. The number of nitrogens with zero attached hydrogens (tertiary/aromatic N) is 3. The molecule has 2 aromatic carbocycles. The SMILES string of the molecule is CC1(C)NC(C23CC(N(Cc4ccc(Cl)cc4)S(=O)(=O)c4ccccc4C#N)(C2)C3)=N[C@H]1C(=O)NCCC(F)(F)F. The Labute approximate surface area is 241 Å². The van der Waals surface area contributed by atoms with Gasteiger partial charge in [0, 0.05) is 29.1 Å². The number of amides is 1. The molecule has 4 aliphatic rings. The summed E-state index contributed by atoms with van der Waals surface area (Å²) in [6.45, 7) is 3.06. The second-order valence-corrected chi connectivity index (χ2v) is 13.9. The van der Waals surface area contributed by atoms with Crippen LogP contribution in [0, 0.1) is 16.7 Å². The third kappa shape index (κ3) is 5.31. The first kappa shape index (κ1) is 29.4. The molecule has 1 heterocycles. The summed E-state index contributed by atoms with van der Waals surface area (Å²) in [4.78, 5) is 17.3. The Bertz CT molecular complexity index is 1530. The van der Waals surface area contributed by atoms with Crippen LogP contribution >= 0.6 is 11.6 Å². The van der Waals surface area contributed by atoms with E-state index < -0.39 is 57.6 Å². The normalized spacial score (nSPS) is 26.3. The quantitative estimate of drug-likeness (QED) is 0.434. The lowest BCUT2D eigenvalue weighted by Gasteiger charge is -2.73. The highest BCUT2D eigenvalue weighted by Gasteiger charge is 2.75. The van der Waals surface area contributed by atoms with Gasteiger partial charge in [0.25, 0.3) is 0 Å². The van der Waals surface area contributed by atoms with Gasteiger partial charge in [-0.25, -0.2) is 8.42 Å². The summed E-state index contributed by atoms with van der Waals surface area (Å²) in [5, 5.41) is 15.7. The molecule has 3 fully saturated rings. The molecular weight excluding hydrogens is 579 g/mol. The van der Waals surface area contributed by atoms with Crippen molar-refractivity contribution < 1.29 is 26.4 Å². The van der Waals surface area contributed by atoms with Gasteiger partial charge in [-0.3, -0.25) is 9.79 Å². The van der Waals surface area contributed by atoms with Crippen LogP contribution in [-0.4, -0.2) is 54.3 Å². The van der Waals surface area contributed by atoms with Crippen molar-refractivity contribution in [3.63, 3.8) is 0 Å². The second-order valence-electron chi connectivity index (χ2n) is 11.7. The van der Waals surface area contributed by atoms with Gasteiger partial charge in [-0.05, 0) is 62.9 Å². The zero-order valence-corrected chi connectivity index (χ0v) is 24.0. The van der Waals surface area contributed by atoms with E-state index in [1.165, 1.54) is 16.4 Å². The molecule has 13 heteroatoms. The van der Waals surface area contributed by atoms with Crippen molar-refractivity contribution in [3.05, 3.63) is 64.7 Å². The number of benzene rings is 2. The van der Waals surface area contributed by atoms with Gasteiger partial charge < -0.3 is 10.6 Å². The van der Waals surface area contributed by atoms with Gasteiger partial charge in [0.15, 0.2) is 6.04 Å². The third-order valence-electron chi connectivity index (χ3n) is 8.19.